The van der Waals surface area contributed by atoms with Crippen molar-refractivity contribution in [1.29, 1.82) is 0 Å². The van der Waals surface area contributed by atoms with Crippen LogP contribution in [0, 0.1) is 17.5 Å². The number of nitrogens with zero attached hydrogens (tertiary/aromatic N) is 2. The van der Waals surface area contributed by atoms with Crippen LogP contribution in [0.15, 0.2) is 48.5 Å². The number of rotatable bonds is 4. The van der Waals surface area contributed by atoms with Gasteiger partial charge in [-0.2, -0.15) is 0 Å². The molecule has 0 bridgehead atoms. The molecule has 0 spiro atoms. The molecular weight excluding hydrogens is 369 g/mol. The lowest BCUT2D eigenvalue weighted by molar-refractivity contribution is 0.102. The number of hydrogen-bond acceptors (Lipinski definition) is 4. The summed E-state index contributed by atoms with van der Waals surface area (Å²) in [6.07, 6.45) is 0. The Labute approximate surface area is 150 Å². The first kappa shape index (κ1) is 17.7. The van der Waals surface area contributed by atoms with Crippen molar-refractivity contribution in [1.82, 2.24) is 10.2 Å². The van der Waals surface area contributed by atoms with Gasteiger partial charge in [-0.3, -0.25) is 4.79 Å². The first-order valence-corrected chi connectivity index (χ1v) is 7.63. The molecule has 0 aliphatic carbocycles. The third kappa shape index (κ3) is 3.92. The standard InChI is InChI=1S/C17H10ClF3N4O/c18-10-8-9(4-5-11(10)19)22-17(26)14-6-7-15(25-24-14)23-16-12(20)2-1-3-13(16)21/h1-8H,(H,22,26)(H,23,25). The minimum atomic E-state index is -0.790. The smallest absolute Gasteiger partial charge is 0.276 e. The first-order valence-electron chi connectivity index (χ1n) is 7.25. The summed E-state index contributed by atoms with van der Waals surface area (Å²) < 4.78 is 40.3. The summed E-state index contributed by atoms with van der Waals surface area (Å²) in [7, 11) is 0. The van der Waals surface area contributed by atoms with E-state index in [2.05, 4.69) is 20.8 Å². The van der Waals surface area contributed by atoms with Crippen molar-refractivity contribution < 1.29 is 18.0 Å². The van der Waals surface area contributed by atoms with Crippen LogP contribution < -0.4 is 10.6 Å². The summed E-state index contributed by atoms with van der Waals surface area (Å²) in [6, 6.07) is 9.77. The van der Waals surface area contributed by atoms with E-state index in [1.165, 1.54) is 30.3 Å². The monoisotopic (exact) mass is 378 g/mol. The van der Waals surface area contributed by atoms with E-state index in [4.69, 9.17) is 11.6 Å². The van der Waals surface area contributed by atoms with Crippen molar-refractivity contribution in [2.24, 2.45) is 0 Å². The number of para-hydroxylation sites is 1. The van der Waals surface area contributed by atoms with Crippen molar-refractivity contribution in [3.63, 3.8) is 0 Å². The number of nitrogens with one attached hydrogen (secondary N) is 2. The van der Waals surface area contributed by atoms with Gasteiger partial charge in [-0.15, -0.1) is 10.2 Å². The molecule has 0 saturated heterocycles. The minimum Gasteiger partial charge on any atom is -0.334 e. The molecule has 5 nitrogen and oxygen atoms in total. The van der Waals surface area contributed by atoms with E-state index >= 15 is 0 Å². The Hall–Kier alpha value is -3.13. The van der Waals surface area contributed by atoms with Gasteiger partial charge in [0.25, 0.3) is 5.91 Å². The molecule has 1 heterocycles. The summed E-state index contributed by atoms with van der Waals surface area (Å²) >= 11 is 5.64. The number of aromatic nitrogens is 2. The number of halogens is 4. The molecule has 26 heavy (non-hydrogen) atoms. The second kappa shape index (κ2) is 7.40. The summed E-state index contributed by atoms with van der Waals surface area (Å²) in [5.74, 6) is -2.75. The maximum atomic E-state index is 13.6. The summed E-state index contributed by atoms with van der Waals surface area (Å²) in [6.45, 7) is 0. The Bertz CT molecular complexity index is 946. The Morgan fingerprint density at radius 1 is 0.923 bits per heavy atom. The van der Waals surface area contributed by atoms with Crippen LogP contribution in [0.3, 0.4) is 0 Å². The predicted octanol–water partition coefficient (Wildman–Crippen LogP) is 4.54. The molecule has 3 aromatic rings. The third-order valence-corrected chi connectivity index (χ3v) is 3.58. The van der Waals surface area contributed by atoms with Gasteiger partial charge in [0, 0.05) is 5.69 Å². The topological polar surface area (TPSA) is 66.9 Å². The summed E-state index contributed by atoms with van der Waals surface area (Å²) in [4.78, 5) is 12.1. The molecular formula is C17H10ClF3N4O. The lowest BCUT2D eigenvalue weighted by atomic mass is 10.2. The highest BCUT2D eigenvalue weighted by atomic mass is 35.5. The molecule has 0 saturated carbocycles. The zero-order valence-electron chi connectivity index (χ0n) is 12.9. The number of anilines is 3. The highest BCUT2D eigenvalue weighted by Gasteiger charge is 2.12. The molecule has 0 aliphatic heterocycles. The number of amides is 1. The highest BCUT2D eigenvalue weighted by molar-refractivity contribution is 6.31. The zero-order chi connectivity index (χ0) is 18.7. The highest BCUT2D eigenvalue weighted by Crippen LogP contribution is 2.22. The van der Waals surface area contributed by atoms with Gasteiger partial charge in [0.2, 0.25) is 0 Å². The quantitative estimate of drug-likeness (QED) is 0.699. The molecule has 0 radical (unpaired) electrons. The summed E-state index contributed by atoms with van der Waals surface area (Å²) in [5.41, 5.74) is -0.149. The molecule has 0 aliphatic rings. The maximum Gasteiger partial charge on any atom is 0.276 e. The Balaban J connectivity index is 1.72. The van der Waals surface area contributed by atoms with E-state index < -0.39 is 23.4 Å². The van der Waals surface area contributed by atoms with Crippen molar-refractivity contribution in [3.8, 4) is 0 Å². The van der Waals surface area contributed by atoms with Crippen LogP contribution in [0.5, 0.6) is 0 Å². The molecule has 1 amide bonds. The van der Waals surface area contributed by atoms with Gasteiger partial charge in [0.1, 0.15) is 23.1 Å². The van der Waals surface area contributed by atoms with Gasteiger partial charge in [-0.05, 0) is 42.5 Å². The molecule has 9 heteroatoms. The molecule has 1 aromatic heterocycles. The molecule has 2 N–H and O–H groups in total. The van der Waals surface area contributed by atoms with E-state index in [-0.39, 0.29) is 27.9 Å². The Kier molecular flexibility index (Phi) is 5.04. The number of hydrogen-bond donors (Lipinski definition) is 2. The van der Waals surface area contributed by atoms with Crippen LogP contribution >= 0.6 is 11.6 Å². The number of carbonyl (C=O) groups is 1. The van der Waals surface area contributed by atoms with Crippen LogP contribution in [0.4, 0.5) is 30.4 Å². The molecule has 0 unspecified atom stereocenters. The van der Waals surface area contributed by atoms with Crippen molar-refractivity contribution in [2.75, 3.05) is 10.6 Å². The van der Waals surface area contributed by atoms with Crippen molar-refractivity contribution in [3.05, 3.63) is 76.7 Å². The second-order valence-corrected chi connectivity index (χ2v) is 5.52. The molecule has 132 valence electrons. The molecule has 2 aromatic carbocycles. The van der Waals surface area contributed by atoms with E-state index in [0.717, 1.165) is 18.2 Å². The normalized spacial score (nSPS) is 10.5. The number of carbonyl (C=O) groups excluding carboxylic acids is 1. The van der Waals surface area contributed by atoms with Gasteiger partial charge in [0.15, 0.2) is 11.5 Å². The van der Waals surface area contributed by atoms with Crippen LogP contribution in [0.2, 0.25) is 5.02 Å². The lowest BCUT2D eigenvalue weighted by Gasteiger charge is -2.08. The summed E-state index contributed by atoms with van der Waals surface area (Å²) in [5, 5.41) is 12.2. The van der Waals surface area contributed by atoms with Crippen LogP contribution in [0.1, 0.15) is 10.5 Å². The predicted molar refractivity (Wildman–Crippen MR) is 91.0 cm³/mol. The lowest BCUT2D eigenvalue weighted by Crippen LogP contribution is -2.14. The van der Waals surface area contributed by atoms with Crippen molar-refractivity contribution in [2.45, 2.75) is 0 Å². The Morgan fingerprint density at radius 3 is 2.27 bits per heavy atom. The van der Waals surface area contributed by atoms with E-state index in [1.807, 2.05) is 0 Å². The van der Waals surface area contributed by atoms with E-state index in [1.54, 1.807) is 0 Å². The fourth-order valence-electron chi connectivity index (χ4n) is 2.03. The van der Waals surface area contributed by atoms with Gasteiger partial charge in [-0.25, -0.2) is 13.2 Å². The van der Waals surface area contributed by atoms with Crippen molar-refractivity contribution >= 4 is 34.7 Å². The van der Waals surface area contributed by atoms with Gasteiger partial charge < -0.3 is 10.6 Å². The van der Waals surface area contributed by atoms with Gasteiger partial charge >= 0.3 is 0 Å². The average molecular weight is 379 g/mol. The van der Waals surface area contributed by atoms with Crippen LogP contribution in [-0.4, -0.2) is 16.1 Å². The maximum absolute atomic E-state index is 13.6. The fraction of sp³-hybridized carbons (Fsp3) is 0. The average Bonchev–Trinajstić information content (AvgIpc) is 2.62. The van der Waals surface area contributed by atoms with Gasteiger partial charge in [-0.1, -0.05) is 17.7 Å². The minimum absolute atomic E-state index is 0.0509. The first-order chi connectivity index (χ1) is 12.4. The largest absolute Gasteiger partial charge is 0.334 e. The SMILES string of the molecule is O=C(Nc1ccc(F)c(Cl)c1)c1ccc(Nc2c(F)cccc2F)nn1. The van der Waals surface area contributed by atoms with Crippen LogP contribution in [-0.2, 0) is 0 Å². The zero-order valence-corrected chi connectivity index (χ0v) is 13.7. The van der Waals surface area contributed by atoms with Crippen LogP contribution in [0.25, 0.3) is 0 Å². The molecule has 0 atom stereocenters. The second-order valence-electron chi connectivity index (χ2n) is 5.11. The molecule has 3 rings (SSSR count). The van der Waals surface area contributed by atoms with E-state index in [0.29, 0.717) is 0 Å². The third-order valence-electron chi connectivity index (χ3n) is 3.29. The molecule has 0 fully saturated rings. The van der Waals surface area contributed by atoms with Gasteiger partial charge in [0.05, 0.1) is 5.02 Å². The number of benzene rings is 2. The fourth-order valence-corrected chi connectivity index (χ4v) is 2.21. The van der Waals surface area contributed by atoms with E-state index in [9.17, 15) is 18.0 Å². The Morgan fingerprint density at radius 2 is 1.65 bits per heavy atom.